The van der Waals surface area contributed by atoms with E-state index < -0.39 is 12.3 Å². The van der Waals surface area contributed by atoms with Gasteiger partial charge in [0.05, 0.1) is 23.6 Å². The van der Waals surface area contributed by atoms with E-state index in [1.165, 1.54) is 0 Å². The van der Waals surface area contributed by atoms with Crippen molar-refractivity contribution in [3.63, 3.8) is 0 Å². The van der Waals surface area contributed by atoms with Gasteiger partial charge in [0.1, 0.15) is 0 Å². The monoisotopic (exact) mass is 395 g/mol. The van der Waals surface area contributed by atoms with Crippen molar-refractivity contribution in [3.8, 4) is 11.1 Å². The zero-order valence-electron chi connectivity index (χ0n) is 15.4. The van der Waals surface area contributed by atoms with Gasteiger partial charge in [-0.2, -0.15) is 0 Å². The third kappa shape index (κ3) is 3.27. The molecule has 0 spiro atoms. The first-order valence-corrected chi connectivity index (χ1v) is 9.29. The number of nitrogens with zero attached hydrogens (tertiary/aromatic N) is 2. The van der Waals surface area contributed by atoms with Gasteiger partial charge in [0.2, 0.25) is 0 Å². The third-order valence-corrected chi connectivity index (χ3v) is 4.75. The molecule has 28 heavy (non-hydrogen) atoms. The van der Waals surface area contributed by atoms with Crippen molar-refractivity contribution in [2.75, 3.05) is 6.61 Å². The number of rotatable bonds is 3. The van der Waals surface area contributed by atoms with Crippen LogP contribution in [0, 0.1) is 6.92 Å². The first kappa shape index (κ1) is 18.3. The molecule has 1 N–H and O–H groups in total. The number of alkyl carbamates (subject to hydrolysis) is 1. The van der Waals surface area contributed by atoms with Gasteiger partial charge < -0.3 is 9.26 Å². The Morgan fingerprint density at radius 1 is 1.18 bits per heavy atom. The average Bonchev–Trinajstić information content (AvgIpc) is 3.01. The van der Waals surface area contributed by atoms with Crippen LogP contribution in [0.15, 0.2) is 58.0 Å². The number of fused-ring (bicyclic) bond motifs is 3. The largest absolute Gasteiger partial charge is 0.450 e. The molecule has 0 aliphatic carbocycles. The molecule has 2 heterocycles. The molecule has 3 aromatic rings. The normalized spacial score (nSPS) is 15.1. The number of hydrogen-bond donors (Lipinski definition) is 1. The van der Waals surface area contributed by atoms with Crippen molar-refractivity contribution in [1.29, 1.82) is 0 Å². The van der Waals surface area contributed by atoms with Crippen LogP contribution >= 0.6 is 11.6 Å². The zero-order chi connectivity index (χ0) is 19.7. The minimum atomic E-state index is -0.770. The molecule has 1 aromatic heterocycles. The van der Waals surface area contributed by atoms with Gasteiger partial charge in [0, 0.05) is 16.1 Å². The molecule has 0 unspecified atom stereocenters. The summed E-state index contributed by atoms with van der Waals surface area (Å²) < 4.78 is 10.6. The number of ether oxygens (including phenoxy) is 1. The van der Waals surface area contributed by atoms with E-state index in [4.69, 9.17) is 25.9 Å². The number of amides is 1. The summed E-state index contributed by atoms with van der Waals surface area (Å²) in [6.45, 7) is 3.87. The Morgan fingerprint density at radius 3 is 2.61 bits per heavy atom. The first-order chi connectivity index (χ1) is 13.6. The van der Waals surface area contributed by atoms with Crippen LogP contribution in [-0.4, -0.2) is 23.6 Å². The fraction of sp³-hybridized carbons (Fsp3) is 0.190. The van der Waals surface area contributed by atoms with Crippen LogP contribution in [0.4, 0.5) is 4.79 Å². The molecule has 0 fully saturated rings. The molecule has 0 radical (unpaired) electrons. The Balaban J connectivity index is 1.92. The molecule has 6 nitrogen and oxygen atoms in total. The molecule has 0 saturated carbocycles. The predicted molar refractivity (Wildman–Crippen MR) is 107 cm³/mol. The van der Waals surface area contributed by atoms with Gasteiger partial charge in [-0.1, -0.05) is 53.2 Å². The highest BCUT2D eigenvalue weighted by molar-refractivity contribution is 6.30. The molecular weight excluding hydrogens is 378 g/mol. The highest BCUT2D eigenvalue weighted by Crippen LogP contribution is 2.38. The van der Waals surface area contributed by atoms with Crippen LogP contribution in [0.5, 0.6) is 0 Å². The Hall–Kier alpha value is -3.12. The summed E-state index contributed by atoms with van der Waals surface area (Å²) in [6, 6.07) is 15.3. The SMILES string of the molecule is CCOC(=O)N[C@@H]1N=C(c2ccc(Cl)cc2)c2ccccc2-c2c(C)noc21. The van der Waals surface area contributed by atoms with Gasteiger partial charge in [0.25, 0.3) is 0 Å². The molecule has 1 aliphatic heterocycles. The Kier molecular flexibility index (Phi) is 4.88. The number of aromatic nitrogens is 1. The Bertz CT molecular complexity index is 1060. The van der Waals surface area contributed by atoms with E-state index in [-0.39, 0.29) is 6.61 Å². The van der Waals surface area contributed by atoms with Gasteiger partial charge in [-0.15, -0.1) is 0 Å². The zero-order valence-corrected chi connectivity index (χ0v) is 16.2. The van der Waals surface area contributed by atoms with Gasteiger partial charge in [-0.25, -0.2) is 4.79 Å². The van der Waals surface area contributed by atoms with E-state index in [0.29, 0.717) is 10.8 Å². The van der Waals surface area contributed by atoms with Crippen LogP contribution in [0.3, 0.4) is 0 Å². The maximum Gasteiger partial charge on any atom is 0.409 e. The highest BCUT2D eigenvalue weighted by Gasteiger charge is 2.31. The fourth-order valence-electron chi connectivity index (χ4n) is 3.29. The van der Waals surface area contributed by atoms with E-state index in [1.54, 1.807) is 6.92 Å². The van der Waals surface area contributed by atoms with Crippen molar-refractivity contribution in [2.24, 2.45) is 4.99 Å². The van der Waals surface area contributed by atoms with Crippen molar-refractivity contribution < 1.29 is 14.1 Å². The lowest BCUT2D eigenvalue weighted by atomic mass is 9.93. The molecule has 0 bridgehead atoms. The number of aryl methyl sites for hydroxylation is 1. The minimum Gasteiger partial charge on any atom is -0.450 e. The molecule has 0 saturated heterocycles. The van der Waals surface area contributed by atoms with Crippen molar-refractivity contribution in [1.82, 2.24) is 10.5 Å². The summed E-state index contributed by atoms with van der Waals surface area (Å²) in [5.41, 5.74) is 5.02. The summed E-state index contributed by atoms with van der Waals surface area (Å²) >= 11 is 6.05. The Morgan fingerprint density at radius 2 is 1.89 bits per heavy atom. The number of hydrogen-bond acceptors (Lipinski definition) is 5. The molecule has 2 aromatic carbocycles. The topological polar surface area (TPSA) is 76.7 Å². The number of benzene rings is 2. The summed E-state index contributed by atoms with van der Waals surface area (Å²) in [5, 5.41) is 7.50. The minimum absolute atomic E-state index is 0.259. The number of carbonyl (C=O) groups excluding carboxylic acids is 1. The van der Waals surface area contributed by atoms with Crippen LogP contribution in [0.2, 0.25) is 5.02 Å². The van der Waals surface area contributed by atoms with Gasteiger partial charge in [-0.3, -0.25) is 10.3 Å². The van der Waals surface area contributed by atoms with E-state index in [9.17, 15) is 4.79 Å². The van der Waals surface area contributed by atoms with Gasteiger partial charge in [0.15, 0.2) is 11.9 Å². The van der Waals surface area contributed by atoms with Gasteiger partial charge >= 0.3 is 6.09 Å². The Labute approximate surface area is 167 Å². The second kappa shape index (κ2) is 7.48. The predicted octanol–water partition coefficient (Wildman–Crippen LogP) is 4.90. The van der Waals surface area contributed by atoms with E-state index >= 15 is 0 Å². The fourth-order valence-corrected chi connectivity index (χ4v) is 3.41. The highest BCUT2D eigenvalue weighted by atomic mass is 35.5. The number of halogens is 1. The lowest BCUT2D eigenvalue weighted by molar-refractivity contribution is 0.146. The molecule has 7 heteroatoms. The third-order valence-electron chi connectivity index (χ3n) is 4.49. The number of nitrogens with one attached hydrogen (secondary N) is 1. The summed E-state index contributed by atoms with van der Waals surface area (Å²) in [4.78, 5) is 16.9. The van der Waals surface area contributed by atoms with E-state index in [1.807, 2.05) is 55.5 Å². The van der Waals surface area contributed by atoms with Crippen LogP contribution in [0.25, 0.3) is 11.1 Å². The van der Waals surface area contributed by atoms with Crippen molar-refractivity contribution in [3.05, 3.63) is 76.1 Å². The summed E-state index contributed by atoms with van der Waals surface area (Å²) in [5.74, 6) is 0.474. The summed E-state index contributed by atoms with van der Waals surface area (Å²) in [6.07, 6.45) is -1.34. The standard InChI is InChI=1S/C21H18ClN3O3/c1-3-27-21(26)24-20-19-17(12(2)25-28-19)15-6-4-5-7-16(15)18(23-20)13-8-10-14(22)11-9-13/h4-11,20H,3H2,1-2H3,(H,24,26)/t20-/m0/s1. The molecule has 1 atom stereocenters. The van der Waals surface area contributed by atoms with Crippen molar-refractivity contribution >= 4 is 23.4 Å². The lowest BCUT2D eigenvalue weighted by Gasteiger charge is -2.13. The molecule has 1 aliphatic rings. The lowest BCUT2D eigenvalue weighted by Crippen LogP contribution is -2.28. The maximum absolute atomic E-state index is 12.1. The van der Waals surface area contributed by atoms with Gasteiger partial charge in [-0.05, 0) is 31.5 Å². The smallest absolute Gasteiger partial charge is 0.409 e. The first-order valence-electron chi connectivity index (χ1n) is 8.91. The van der Waals surface area contributed by atoms with Crippen LogP contribution < -0.4 is 5.32 Å². The van der Waals surface area contributed by atoms with E-state index in [0.717, 1.165) is 33.7 Å². The molecular formula is C21H18ClN3O3. The van der Waals surface area contributed by atoms with Crippen LogP contribution in [-0.2, 0) is 4.74 Å². The number of aliphatic imine (C=N–C) groups is 1. The number of carbonyl (C=O) groups is 1. The molecule has 4 rings (SSSR count). The molecule has 1 amide bonds. The quantitative estimate of drug-likeness (QED) is 0.684. The van der Waals surface area contributed by atoms with Crippen LogP contribution in [0.1, 0.15) is 35.7 Å². The maximum atomic E-state index is 12.1. The molecule has 142 valence electrons. The average molecular weight is 396 g/mol. The van der Waals surface area contributed by atoms with E-state index in [2.05, 4.69) is 10.5 Å². The second-order valence-electron chi connectivity index (χ2n) is 6.30. The second-order valence-corrected chi connectivity index (χ2v) is 6.74. The summed E-state index contributed by atoms with van der Waals surface area (Å²) in [7, 11) is 0. The van der Waals surface area contributed by atoms with Crippen molar-refractivity contribution in [2.45, 2.75) is 20.0 Å².